The van der Waals surface area contributed by atoms with Crippen LogP contribution in [0.2, 0.25) is 0 Å². The van der Waals surface area contributed by atoms with E-state index in [1.807, 2.05) is 19.0 Å². The lowest BCUT2D eigenvalue weighted by Crippen LogP contribution is -2.14. The fourth-order valence-electron chi connectivity index (χ4n) is 1.56. The molecule has 5 heteroatoms. The van der Waals surface area contributed by atoms with Crippen LogP contribution in [0.3, 0.4) is 0 Å². The number of methoxy groups -OCH3 is 1. The van der Waals surface area contributed by atoms with Crippen LogP contribution in [0.4, 0.5) is 0 Å². The molecule has 17 heavy (non-hydrogen) atoms. The predicted molar refractivity (Wildman–Crippen MR) is 64.2 cm³/mol. The summed E-state index contributed by atoms with van der Waals surface area (Å²) in [6, 6.07) is 5.16. The Bertz CT molecular complexity index is 590. The van der Waals surface area contributed by atoms with Crippen molar-refractivity contribution in [2.24, 2.45) is 0 Å². The molecule has 90 valence electrons. The van der Waals surface area contributed by atoms with Crippen LogP contribution in [-0.2, 0) is 6.54 Å². The first-order chi connectivity index (χ1) is 8.10. The molecule has 0 N–H and O–H groups in total. The highest BCUT2D eigenvalue weighted by molar-refractivity contribution is 5.78. The third kappa shape index (κ3) is 2.45. The summed E-state index contributed by atoms with van der Waals surface area (Å²) in [6.07, 6.45) is 0. The summed E-state index contributed by atoms with van der Waals surface area (Å²) in [5.74, 6) is 1.03. The van der Waals surface area contributed by atoms with Crippen LogP contribution >= 0.6 is 0 Å². The lowest BCUT2D eigenvalue weighted by Gasteiger charge is -2.08. The van der Waals surface area contributed by atoms with E-state index >= 15 is 0 Å². The molecular formula is C12H14N2O3. The summed E-state index contributed by atoms with van der Waals surface area (Å²) in [5.41, 5.74) is 0.240. The summed E-state index contributed by atoms with van der Waals surface area (Å²) in [7, 11) is 5.33. The normalized spacial score (nSPS) is 11.1. The average Bonchev–Trinajstić information content (AvgIpc) is 2.28. The monoisotopic (exact) mass is 234 g/mol. The number of aromatic nitrogens is 1. The first-order valence-corrected chi connectivity index (χ1v) is 5.22. The predicted octanol–water partition coefficient (Wildman–Crippen LogP) is 1.26. The standard InChI is InChI=1S/C12H14N2O3/c1-14(2)7-11-13-10-5-4-8(16-3)6-9(10)12(15)17-11/h4-6H,7H2,1-3H3. The van der Waals surface area contributed by atoms with E-state index in [4.69, 9.17) is 9.15 Å². The fraction of sp³-hybridized carbons (Fsp3) is 0.333. The highest BCUT2D eigenvalue weighted by Gasteiger charge is 2.08. The summed E-state index contributed by atoms with van der Waals surface area (Å²) >= 11 is 0. The smallest absolute Gasteiger partial charge is 0.347 e. The van der Waals surface area contributed by atoms with Crippen molar-refractivity contribution < 1.29 is 9.15 Å². The van der Waals surface area contributed by atoms with E-state index < -0.39 is 0 Å². The van der Waals surface area contributed by atoms with Gasteiger partial charge in [-0.15, -0.1) is 0 Å². The molecule has 0 fully saturated rings. The third-order valence-electron chi connectivity index (χ3n) is 2.33. The minimum absolute atomic E-state index is 0.384. The molecule has 0 aliphatic carbocycles. The van der Waals surface area contributed by atoms with Crippen LogP contribution in [0.25, 0.3) is 10.9 Å². The second-order valence-corrected chi connectivity index (χ2v) is 4.02. The molecule has 1 heterocycles. The van der Waals surface area contributed by atoms with Crippen molar-refractivity contribution in [3.63, 3.8) is 0 Å². The maximum atomic E-state index is 11.8. The Balaban J connectivity index is 2.56. The minimum atomic E-state index is -0.384. The van der Waals surface area contributed by atoms with E-state index in [-0.39, 0.29) is 5.63 Å². The SMILES string of the molecule is COc1ccc2nc(CN(C)C)oc(=O)c2c1. The molecule has 0 saturated heterocycles. The van der Waals surface area contributed by atoms with E-state index in [1.54, 1.807) is 25.3 Å². The van der Waals surface area contributed by atoms with Gasteiger partial charge < -0.3 is 14.1 Å². The Labute approximate surface area is 98.6 Å². The van der Waals surface area contributed by atoms with Gasteiger partial charge in [-0.1, -0.05) is 0 Å². The van der Waals surface area contributed by atoms with Crippen molar-refractivity contribution in [1.29, 1.82) is 0 Å². The van der Waals surface area contributed by atoms with E-state index in [9.17, 15) is 4.79 Å². The largest absolute Gasteiger partial charge is 0.497 e. The molecule has 0 bridgehead atoms. The molecule has 0 saturated carbocycles. The van der Waals surface area contributed by atoms with Gasteiger partial charge in [-0.3, -0.25) is 0 Å². The van der Waals surface area contributed by atoms with Gasteiger partial charge in [0.2, 0.25) is 5.89 Å². The number of hydrogen-bond acceptors (Lipinski definition) is 5. The van der Waals surface area contributed by atoms with Gasteiger partial charge in [-0.2, -0.15) is 0 Å². The van der Waals surface area contributed by atoms with Crippen molar-refractivity contribution in [3.05, 3.63) is 34.5 Å². The number of nitrogens with zero attached hydrogens (tertiary/aromatic N) is 2. The van der Waals surface area contributed by atoms with Crippen molar-refractivity contribution in [1.82, 2.24) is 9.88 Å². The molecule has 0 spiro atoms. The van der Waals surface area contributed by atoms with E-state index in [1.165, 1.54) is 0 Å². The van der Waals surface area contributed by atoms with Crippen molar-refractivity contribution in [3.8, 4) is 5.75 Å². The molecule has 5 nitrogen and oxygen atoms in total. The molecule has 0 atom stereocenters. The summed E-state index contributed by atoms with van der Waals surface area (Å²) in [6.45, 7) is 0.497. The van der Waals surface area contributed by atoms with Crippen LogP contribution in [0, 0.1) is 0 Å². The van der Waals surface area contributed by atoms with E-state index in [0.29, 0.717) is 29.1 Å². The molecule has 0 aliphatic heterocycles. The van der Waals surface area contributed by atoms with Crippen molar-refractivity contribution >= 4 is 10.9 Å². The average molecular weight is 234 g/mol. The molecular weight excluding hydrogens is 220 g/mol. The molecule has 0 radical (unpaired) electrons. The Hall–Kier alpha value is -1.88. The number of benzene rings is 1. The van der Waals surface area contributed by atoms with Crippen LogP contribution in [-0.4, -0.2) is 31.1 Å². The van der Waals surface area contributed by atoms with Gasteiger partial charge in [0.15, 0.2) is 0 Å². The molecule has 0 aliphatic rings. The molecule has 1 aromatic carbocycles. The van der Waals surface area contributed by atoms with Crippen molar-refractivity contribution in [2.75, 3.05) is 21.2 Å². The highest BCUT2D eigenvalue weighted by atomic mass is 16.5. The van der Waals surface area contributed by atoms with Gasteiger partial charge in [0.05, 0.1) is 24.6 Å². The van der Waals surface area contributed by atoms with Crippen LogP contribution in [0.1, 0.15) is 5.89 Å². The van der Waals surface area contributed by atoms with E-state index in [0.717, 1.165) is 0 Å². The van der Waals surface area contributed by atoms with Gasteiger partial charge >= 0.3 is 5.63 Å². The van der Waals surface area contributed by atoms with E-state index in [2.05, 4.69) is 4.98 Å². The summed E-state index contributed by atoms with van der Waals surface area (Å²) < 4.78 is 10.2. The lowest BCUT2D eigenvalue weighted by atomic mass is 10.2. The molecule has 0 unspecified atom stereocenters. The zero-order valence-corrected chi connectivity index (χ0v) is 10.1. The second kappa shape index (κ2) is 4.55. The van der Waals surface area contributed by atoms with Gasteiger partial charge in [0.25, 0.3) is 0 Å². The topological polar surface area (TPSA) is 55.6 Å². The van der Waals surface area contributed by atoms with Gasteiger partial charge in [0.1, 0.15) is 5.75 Å². The molecule has 0 amide bonds. The zero-order chi connectivity index (χ0) is 12.4. The van der Waals surface area contributed by atoms with Gasteiger partial charge in [-0.25, -0.2) is 9.78 Å². The maximum absolute atomic E-state index is 11.8. The first-order valence-electron chi connectivity index (χ1n) is 5.22. The Morgan fingerprint density at radius 3 is 2.82 bits per heavy atom. The molecule has 1 aromatic heterocycles. The van der Waals surface area contributed by atoms with Crippen LogP contribution in [0.15, 0.2) is 27.4 Å². The molecule has 2 aromatic rings. The Morgan fingerprint density at radius 1 is 1.41 bits per heavy atom. The zero-order valence-electron chi connectivity index (χ0n) is 10.1. The van der Waals surface area contributed by atoms with Crippen LogP contribution < -0.4 is 10.4 Å². The fourth-order valence-corrected chi connectivity index (χ4v) is 1.56. The highest BCUT2D eigenvalue weighted by Crippen LogP contribution is 2.16. The Kier molecular flexibility index (Phi) is 3.10. The maximum Gasteiger partial charge on any atom is 0.347 e. The van der Waals surface area contributed by atoms with Gasteiger partial charge in [0, 0.05) is 0 Å². The van der Waals surface area contributed by atoms with Crippen molar-refractivity contribution in [2.45, 2.75) is 6.54 Å². The summed E-state index contributed by atoms with van der Waals surface area (Å²) in [4.78, 5) is 17.9. The summed E-state index contributed by atoms with van der Waals surface area (Å²) in [5, 5.41) is 0.437. The number of hydrogen-bond donors (Lipinski definition) is 0. The third-order valence-corrected chi connectivity index (χ3v) is 2.33. The van der Waals surface area contributed by atoms with Gasteiger partial charge in [-0.05, 0) is 32.3 Å². The first kappa shape index (κ1) is 11.6. The number of rotatable bonds is 3. The quantitative estimate of drug-likeness (QED) is 0.800. The Morgan fingerprint density at radius 2 is 2.18 bits per heavy atom. The minimum Gasteiger partial charge on any atom is -0.497 e. The molecule has 2 rings (SSSR count). The number of fused-ring (bicyclic) bond motifs is 1. The second-order valence-electron chi connectivity index (χ2n) is 4.02. The lowest BCUT2D eigenvalue weighted by molar-refractivity contribution is 0.325. The number of ether oxygens (including phenoxy) is 1. The van der Waals surface area contributed by atoms with Crippen LogP contribution in [0.5, 0.6) is 5.75 Å².